The molecule has 0 aliphatic heterocycles. The van der Waals surface area contributed by atoms with Gasteiger partial charge in [0.05, 0.1) is 13.2 Å². The maximum Gasteiger partial charge on any atom is 0.235 e. The molecule has 0 aromatic carbocycles. The summed E-state index contributed by atoms with van der Waals surface area (Å²) < 4.78 is 4.62. The second kappa shape index (κ2) is 6.35. The summed E-state index contributed by atoms with van der Waals surface area (Å²) in [6.45, 7) is 5.38. The van der Waals surface area contributed by atoms with Gasteiger partial charge in [-0.2, -0.15) is 0 Å². The number of aliphatic imine (C=N–C) groups is 1. The molecule has 5 heteroatoms. The Kier molecular flexibility index (Phi) is 5.86. The number of halogens is 1. The third kappa shape index (κ3) is 4.25. The monoisotopic (exact) mass is 230 g/mol. The molecule has 0 amide bonds. The Morgan fingerprint density at radius 2 is 2.07 bits per heavy atom. The maximum absolute atomic E-state index is 10.6. The lowest BCUT2D eigenvalue weighted by Gasteiger charge is -2.09. The quantitative estimate of drug-likeness (QED) is 0.457. The van der Waals surface area contributed by atoms with Crippen molar-refractivity contribution in [3.63, 3.8) is 0 Å². The van der Waals surface area contributed by atoms with Crippen LogP contribution in [0.4, 0.5) is 0 Å². The third-order valence-corrected chi connectivity index (χ3v) is 2.35. The molecule has 15 heavy (non-hydrogen) atoms. The predicted octanol–water partition coefficient (Wildman–Crippen LogP) is 2.17. The third-order valence-electron chi connectivity index (χ3n) is 2.05. The molecule has 0 unspecified atom stereocenters. The number of allylic oxidation sites excluding steroid dienone is 1. The number of rotatable bonds is 4. The average molecular weight is 231 g/mol. The minimum absolute atomic E-state index is 0.0118. The number of ether oxygens (including phenoxy) is 1. The van der Waals surface area contributed by atoms with Gasteiger partial charge in [0, 0.05) is 5.03 Å². The lowest BCUT2D eigenvalue weighted by atomic mass is 10.1. The van der Waals surface area contributed by atoms with Gasteiger partial charge in [0.1, 0.15) is 0 Å². The van der Waals surface area contributed by atoms with Crippen molar-refractivity contribution in [2.24, 2.45) is 4.99 Å². The Hall–Kier alpha value is -1.16. The zero-order chi connectivity index (χ0) is 12.0. The van der Waals surface area contributed by atoms with Crippen LogP contribution in [0.15, 0.2) is 15.6 Å². The number of carbonyl (C=O) groups is 1. The Bertz CT molecular complexity index is 317. The zero-order valence-corrected chi connectivity index (χ0v) is 10.1. The molecular formula is C10H15ClN2O2. The van der Waals surface area contributed by atoms with Gasteiger partial charge in [-0.3, -0.25) is 15.2 Å². The second-order valence-electron chi connectivity index (χ2n) is 3.06. The molecule has 0 aromatic heterocycles. The summed E-state index contributed by atoms with van der Waals surface area (Å²) in [5.41, 5.74) is 0.849. The lowest BCUT2D eigenvalue weighted by molar-refractivity contribution is -0.102. The van der Waals surface area contributed by atoms with Crippen molar-refractivity contribution in [1.82, 2.24) is 0 Å². The maximum atomic E-state index is 10.6. The van der Waals surface area contributed by atoms with E-state index in [9.17, 15) is 4.79 Å². The van der Waals surface area contributed by atoms with E-state index in [0.29, 0.717) is 11.3 Å². The van der Waals surface area contributed by atoms with Gasteiger partial charge in [0.25, 0.3) is 0 Å². The van der Waals surface area contributed by atoms with Crippen molar-refractivity contribution in [1.29, 1.82) is 5.41 Å². The van der Waals surface area contributed by atoms with Crippen LogP contribution in [0.2, 0.25) is 0 Å². The van der Waals surface area contributed by atoms with Crippen LogP contribution in [-0.4, -0.2) is 31.0 Å². The van der Waals surface area contributed by atoms with E-state index in [1.807, 2.05) is 6.92 Å². The summed E-state index contributed by atoms with van der Waals surface area (Å²) in [6.07, 6.45) is 0.499. The topological polar surface area (TPSA) is 62.5 Å². The van der Waals surface area contributed by atoms with E-state index in [-0.39, 0.29) is 17.7 Å². The molecule has 0 aliphatic carbocycles. The van der Waals surface area contributed by atoms with E-state index in [1.54, 1.807) is 13.8 Å². The van der Waals surface area contributed by atoms with E-state index in [2.05, 4.69) is 9.73 Å². The van der Waals surface area contributed by atoms with Gasteiger partial charge in [-0.1, -0.05) is 11.6 Å². The summed E-state index contributed by atoms with van der Waals surface area (Å²) in [7, 11) is 1.32. The average Bonchev–Trinajstić information content (AvgIpc) is 2.22. The molecule has 4 nitrogen and oxygen atoms in total. The van der Waals surface area contributed by atoms with Crippen LogP contribution in [0.5, 0.6) is 0 Å². The van der Waals surface area contributed by atoms with Crippen molar-refractivity contribution < 1.29 is 9.53 Å². The first-order chi connectivity index (χ1) is 6.93. The van der Waals surface area contributed by atoms with Crippen LogP contribution < -0.4 is 0 Å². The van der Waals surface area contributed by atoms with Crippen molar-refractivity contribution in [2.75, 3.05) is 7.11 Å². The molecule has 1 atom stereocenters. The van der Waals surface area contributed by atoms with Gasteiger partial charge in [-0.15, -0.1) is 0 Å². The second-order valence-corrected chi connectivity index (χ2v) is 3.62. The molecule has 0 aromatic rings. The zero-order valence-electron chi connectivity index (χ0n) is 9.30. The molecular weight excluding hydrogens is 216 g/mol. The minimum atomic E-state index is -0.239. The molecule has 0 aliphatic rings. The van der Waals surface area contributed by atoms with Gasteiger partial charge in [-0.25, -0.2) is 0 Å². The first-order valence-electron chi connectivity index (χ1n) is 4.42. The normalized spacial score (nSPS) is 15.4. The van der Waals surface area contributed by atoms with Crippen LogP contribution in [0.3, 0.4) is 0 Å². The van der Waals surface area contributed by atoms with Crippen molar-refractivity contribution in [2.45, 2.75) is 26.8 Å². The van der Waals surface area contributed by atoms with Crippen LogP contribution >= 0.6 is 11.6 Å². The highest BCUT2D eigenvalue weighted by Gasteiger charge is 2.10. The van der Waals surface area contributed by atoms with Gasteiger partial charge in [0.2, 0.25) is 5.90 Å². The number of nitrogens with one attached hydrogen (secondary N) is 1. The Morgan fingerprint density at radius 1 is 1.53 bits per heavy atom. The van der Waals surface area contributed by atoms with Gasteiger partial charge in [0.15, 0.2) is 12.0 Å². The van der Waals surface area contributed by atoms with Crippen LogP contribution in [-0.2, 0) is 9.53 Å². The summed E-state index contributed by atoms with van der Waals surface area (Å²) in [6, 6.07) is -0.238. The number of hydrogen-bond donors (Lipinski definition) is 1. The van der Waals surface area contributed by atoms with Gasteiger partial charge >= 0.3 is 0 Å². The Labute approximate surface area is 94.5 Å². The summed E-state index contributed by atoms with van der Waals surface area (Å²) in [5.74, 6) is -0.239. The molecule has 1 N–H and O–H groups in total. The number of methoxy groups -OCH3 is 1. The molecule has 0 saturated heterocycles. The van der Waals surface area contributed by atoms with E-state index < -0.39 is 0 Å². The molecule has 0 spiro atoms. The highest BCUT2D eigenvalue weighted by atomic mass is 35.5. The molecule has 0 saturated carbocycles. The SMILES string of the molecule is COC(=N)C(C=O)=N[C@@H](C)/C(C)=C(/C)Cl. The molecule has 0 heterocycles. The standard InChI is InChI=1S/C10H15ClN2O2/c1-6(7(2)11)8(3)13-9(5-14)10(12)15-4/h5,8,12H,1-4H3/b7-6-,12-10?,13-9?/t8-/m0/s1. The first kappa shape index (κ1) is 13.8. The molecule has 0 bridgehead atoms. The molecule has 0 fully saturated rings. The minimum Gasteiger partial charge on any atom is -0.480 e. The fourth-order valence-corrected chi connectivity index (χ4v) is 0.998. The van der Waals surface area contributed by atoms with Crippen molar-refractivity contribution >= 4 is 29.5 Å². The van der Waals surface area contributed by atoms with Crippen LogP contribution in [0, 0.1) is 5.41 Å². The predicted molar refractivity (Wildman–Crippen MR) is 61.9 cm³/mol. The molecule has 0 radical (unpaired) electrons. The smallest absolute Gasteiger partial charge is 0.235 e. The number of carbonyl (C=O) groups excluding carboxylic acids is 1. The van der Waals surface area contributed by atoms with Gasteiger partial charge in [-0.05, 0) is 26.3 Å². The summed E-state index contributed by atoms with van der Waals surface area (Å²) in [5, 5.41) is 7.94. The van der Waals surface area contributed by atoms with E-state index in [1.165, 1.54) is 7.11 Å². The van der Waals surface area contributed by atoms with E-state index >= 15 is 0 Å². The summed E-state index contributed by atoms with van der Waals surface area (Å²) >= 11 is 5.80. The highest BCUT2D eigenvalue weighted by Crippen LogP contribution is 2.14. The Balaban J connectivity index is 4.94. The van der Waals surface area contributed by atoms with Gasteiger partial charge < -0.3 is 4.74 Å². The largest absolute Gasteiger partial charge is 0.480 e. The highest BCUT2D eigenvalue weighted by molar-refractivity contribution is 6.59. The lowest BCUT2D eigenvalue weighted by Crippen LogP contribution is -2.19. The fraction of sp³-hybridized carbons (Fsp3) is 0.500. The van der Waals surface area contributed by atoms with Crippen molar-refractivity contribution in [3.05, 3.63) is 10.6 Å². The van der Waals surface area contributed by atoms with E-state index in [0.717, 1.165) is 5.57 Å². The molecule has 84 valence electrons. The number of nitrogens with zero attached hydrogens (tertiary/aromatic N) is 1. The van der Waals surface area contributed by atoms with Crippen LogP contribution in [0.1, 0.15) is 20.8 Å². The van der Waals surface area contributed by atoms with Crippen LogP contribution in [0.25, 0.3) is 0 Å². The molecule has 0 rings (SSSR count). The summed E-state index contributed by atoms with van der Waals surface area (Å²) in [4.78, 5) is 14.7. The number of hydrogen-bond acceptors (Lipinski definition) is 4. The fourth-order valence-electron chi connectivity index (χ4n) is 0.840. The van der Waals surface area contributed by atoms with E-state index in [4.69, 9.17) is 17.0 Å². The Morgan fingerprint density at radius 3 is 2.40 bits per heavy atom. The van der Waals surface area contributed by atoms with Crippen molar-refractivity contribution in [3.8, 4) is 0 Å². The first-order valence-corrected chi connectivity index (χ1v) is 4.80. The number of aldehydes is 1.